The fourth-order valence-corrected chi connectivity index (χ4v) is 2.24. The molecule has 2 rings (SSSR count). The summed E-state index contributed by atoms with van der Waals surface area (Å²) in [6.45, 7) is 0. The van der Waals surface area contributed by atoms with Crippen molar-refractivity contribution in [1.29, 1.82) is 0 Å². The predicted octanol–water partition coefficient (Wildman–Crippen LogP) is 2.93. The van der Waals surface area contributed by atoms with Gasteiger partial charge in [-0.05, 0) is 36.5 Å². The molecule has 2 N–H and O–H groups in total. The monoisotopic (exact) mass is 195 g/mol. The molecular formula is C11H14ClN. The Bertz CT molecular complexity index is 281. The molecule has 1 nitrogen and oxygen atoms in total. The summed E-state index contributed by atoms with van der Waals surface area (Å²) >= 11 is 5.82. The van der Waals surface area contributed by atoms with Gasteiger partial charge in [-0.25, -0.2) is 0 Å². The Labute approximate surface area is 83.9 Å². The lowest BCUT2D eigenvalue weighted by atomic mass is 9.95. The van der Waals surface area contributed by atoms with Gasteiger partial charge in [-0.1, -0.05) is 30.2 Å². The minimum atomic E-state index is 0.348. The van der Waals surface area contributed by atoms with E-state index >= 15 is 0 Å². The molecule has 0 bridgehead atoms. The zero-order valence-electron chi connectivity index (χ0n) is 7.54. The van der Waals surface area contributed by atoms with Gasteiger partial charge in [0.05, 0.1) is 0 Å². The van der Waals surface area contributed by atoms with Gasteiger partial charge in [-0.2, -0.15) is 0 Å². The van der Waals surface area contributed by atoms with Crippen molar-refractivity contribution in [2.75, 3.05) is 0 Å². The summed E-state index contributed by atoms with van der Waals surface area (Å²) in [6, 6.07) is 8.43. The molecule has 0 unspecified atom stereocenters. The Morgan fingerprint density at radius 2 is 1.85 bits per heavy atom. The van der Waals surface area contributed by atoms with Crippen LogP contribution in [0.3, 0.4) is 0 Å². The number of rotatable bonds is 1. The van der Waals surface area contributed by atoms with Crippen molar-refractivity contribution in [2.45, 2.75) is 31.2 Å². The fraction of sp³-hybridized carbons (Fsp3) is 0.455. The zero-order valence-corrected chi connectivity index (χ0v) is 8.30. The third kappa shape index (κ3) is 1.87. The van der Waals surface area contributed by atoms with Crippen LogP contribution in [0.25, 0.3) is 0 Å². The molecule has 1 aliphatic rings. The van der Waals surface area contributed by atoms with Crippen molar-refractivity contribution in [3.63, 3.8) is 0 Å². The number of hydrogen-bond donors (Lipinski definition) is 1. The molecule has 0 heterocycles. The average Bonchev–Trinajstić information content (AvgIpc) is 2.53. The van der Waals surface area contributed by atoms with Gasteiger partial charge in [-0.3, -0.25) is 0 Å². The van der Waals surface area contributed by atoms with Crippen molar-refractivity contribution < 1.29 is 0 Å². The molecule has 1 aromatic carbocycles. The Balaban J connectivity index is 2.20. The van der Waals surface area contributed by atoms with E-state index in [1.807, 2.05) is 12.1 Å². The first-order chi connectivity index (χ1) is 6.27. The summed E-state index contributed by atoms with van der Waals surface area (Å²) < 4.78 is 0. The van der Waals surface area contributed by atoms with E-state index in [0.29, 0.717) is 12.0 Å². The van der Waals surface area contributed by atoms with Gasteiger partial charge in [0, 0.05) is 11.1 Å². The van der Waals surface area contributed by atoms with Crippen LogP contribution in [0.1, 0.15) is 30.7 Å². The Morgan fingerprint density at radius 3 is 2.38 bits per heavy atom. The van der Waals surface area contributed by atoms with E-state index in [1.54, 1.807) is 0 Å². The van der Waals surface area contributed by atoms with E-state index < -0.39 is 0 Å². The van der Waals surface area contributed by atoms with Crippen LogP contribution in [0.5, 0.6) is 0 Å². The third-order valence-corrected chi connectivity index (χ3v) is 3.12. The molecule has 2 heteroatoms. The van der Waals surface area contributed by atoms with Gasteiger partial charge in [0.1, 0.15) is 0 Å². The number of benzene rings is 1. The predicted molar refractivity (Wildman–Crippen MR) is 56.0 cm³/mol. The van der Waals surface area contributed by atoms with Gasteiger partial charge in [-0.15, -0.1) is 0 Å². The quantitative estimate of drug-likeness (QED) is 0.733. The maximum atomic E-state index is 6.02. The minimum absolute atomic E-state index is 0.348. The molecule has 1 fully saturated rings. The number of halogens is 1. The first-order valence-corrected chi connectivity index (χ1v) is 5.16. The largest absolute Gasteiger partial charge is 0.327 e. The maximum absolute atomic E-state index is 6.02. The van der Waals surface area contributed by atoms with Crippen molar-refractivity contribution in [1.82, 2.24) is 0 Å². The summed E-state index contributed by atoms with van der Waals surface area (Å²) in [5.41, 5.74) is 7.36. The normalized spacial score (nSPS) is 27.8. The van der Waals surface area contributed by atoms with E-state index in [9.17, 15) is 0 Å². The van der Waals surface area contributed by atoms with Gasteiger partial charge in [0.25, 0.3) is 0 Å². The summed E-state index contributed by atoms with van der Waals surface area (Å²) in [5, 5.41) is 0.801. The topological polar surface area (TPSA) is 26.0 Å². The van der Waals surface area contributed by atoms with Crippen LogP contribution < -0.4 is 5.73 Å². The van der Waals surface area contributed by atoms with Crippen LogP contribution in [0.4, 0.5) is 0 Å². The first-order valence-electron chi connectivity index (χ1n) is 4.78. The molecule has 1 aliphatic carbocycles. The molecule has 13 heavy (non-hydrogen) atoms. The van der Waals surface area contributed by atoms with E-state index in [0.717, 1.165) is 11.4 Å². The molecule has 1 saturated carbocycles. The van der Waals surface area contributed by atoms with Crippen molar-refractivity contribution in [3.05, 3.63) is 34.9 Å². The summed E-state index contributed by atoms with van der Waals surface area (Å²) in [4.78, 5) is 0. The second-order valence-corrected chi connectivity index (χ2v) is 4.19. The zero-order chi connectivity index (χ0) is 9.26. The smallest absolute Gasteiger partial charge is 0.0406 e. The van der Waals surface area contributed by atoms with Crippen LogP contribution in [-0.2, 0) is 0 Å². The summed E-state index contributed by atoms with van der Waals surface area (Å²) in [7, 11) is 0. The molecule has 0 spiro atoms. The Hall–Kier alpha value is -0.530. The highest BCUT2D eigenvalue weighted by molar-refractivity contribution is 6.30. The highest BCUT2D eigenvalue weighted by Gasteiger charge is 2.24. The molecule has 0 amide bonds. The summed E-state index contributed by atoms with van der Waals surface area (Å²) in [5.74, 6) is 0.553. The third-order valence-electron chi connectivity index (χ3n) is 2.87. The summed E-state index contributed by atoms with van der Waals surface area (Å²) in [6.07, 6.45) is 3.64. The molecule has 70 valence electrons. The molecule has 2 atom stereocenters. The maximum Gasteiger partial charge on any atom is 0.0406 e. The number of nitrogens with two attached hydrogens (primary N) is 1. The SMILES string of the molecule is N[C@H]1CCC[C@@H]1c1ccc(Cl)cc1. The average molecular weight is 196 g/mol. The van der Waals surface area contributed by atoms with Crippen LogP contribution in [-0.4, -0.2) is 6.04 Å². The lowest BCUT2D eigenvalue weighted by molar-refractivity contribution is 0.613. The second kappa shape index (κ2) is 3.69. The molecule has 0 radical (unpaired) electrons. The van der Waals surface area contributed by atoms with Crippen LogP contribution in [0.15, 0.2) is 24.3 Å². The molecule has 1 aromatic rings. The number of hydrogen-bond acceptors (Lipinski definition) is 1. The fourth-order valence-electron chi connectivity index (χ4n) is 2.11. The van der Waals surface area contributed by atoms with Crippen LogP contribution >= 0.6 is 11.6 Å². The highest BCUT2D eigenvalue weighted by Crippen LogP contribution is 2.33. The molecule has 0 saturated heterocycles. The Kier molecular flexibility index (Phi) is 2.56. The van der Waals surface area contributed by atoms with Gasteiger partial charge < -0.3 is 5.73 Å². The molecule has 0 aliphatic heterocycles. The van der Waals surface area contributed by atoms with Crippen molar-refractivity contribution in [3.8, 4) is 0 Å². The van der Waals surface area contributed by atoms with Crippen LogP contribution in [0.2, 0.25) is 5.02 Å². The first kappa shape index (κ1) is 9.04. The van der Waals surface area contributed by atoms with Gasteiger partial charge >= 0.3 is 0 Å². The molecule has 0 aromatic heterocycles. The van der Waals surface area contributed by atoms with Crippen molar-refractivity contribution >= 4 is 11.6 Å². The van der Waals surface area contributed by atoms with Crippen molar-refractivity contribution in [2.24, 2.45) is 5.73 Å². The highest BCUT2D eigenvalue weighted by atomic mass is 35.5. The lowest BCUT2D eigenvalue weighted by Gasteiger charge is -2.15. The lowest BCUT2D eigenvalue weighted by Crippen LogP contribution is -2.22. The minimum Gasteiger partial charge on any atom is -0.327 e. The van der Waals surface area contributed by atoms with E-state index in [2.05, 4.69) is 12.1 Å². The standard InChI is InChI=1S/C11H14ClN/c12-9-6-4-8(5-7-9)10-2-1-3-11(10)13/h4-7,10-11H,1-3,13H2/t10-,11+/m1/s1. The molecular weight excluding hydrogens is 182 g/mol. The van der Waals surface area contributed by atoms with Gasteiger partial charge in [0.15, 0.2) is 0 Å². The van der Waals surface area contributed by atoms with Crippen LogP contribution in [0, 0.1) is 0 Å². The van der Waals surface area contributed by atoms with E-state index in [4.69, 9.17) is 17.3 Å². The second-order valence-electron chi connectivity index (χ2n) is 3.75. The van der Waals surface area contributed by atoms with E-state index in [1.165, 1.54) is 18.4 Å². The van der Waals surface area contributed by atoms with Gasteiger partial charge in [0.2, 0.25) is 0 Å². The van der Waals surface area contributed by atoms with E-state index in [-0.39, 0.29) is 0 Å². The Morgan fingerprint density at radius 1 is 1.15 bits per heavy atom.